The summed E-state index contributed by atoms with van der Waals surface area (Å²) in [6.45, 7) is 7.15. The fourth-order valence-corrected chi connectivity index (χ4v) is 22.8. The molecule has 2 aliphatic rings. The Morgan fingerprint density at radius 1 is 0.862 bits per heavy atom. The summed E-state index contributed by atoms with van der Waals surface area (Å²) in [5.41, 5.74) is 1.54. The minimum atomic E-state index is -2.40. The summed E-state index contributed by atoms with van der Waals surface area (Å²) in [6.07, 6.45) is 13.9. The zero-order valence-electron chi connectivity index (χ0n) is 19.7. The first-order valence-corrected chi connectivity index (χ1v) is 20.2. The Balaban J connectivity index is 1.85. The van der Waals surface area contributed by atoms with Gasteiger partial charge in [-0.2, -0.15) is 0 Å². The second kappa shape index (κ2) is 11.4. The van der Waals surface area contributed by atoms with Crippen molar-refractivity contribution < 1.29 is 0 Å². The fourth-order valence-electron chi connectivity index (χ4n) is 6.15. The average molecular weight is 505 g/mol. The molecule has 1 N–H and O–H groups in total. The van der Waals surface area contributed by atoms with E-state index >= 15 is 0 Å². The van der Waals surface area contributed by atoms with Gasteiger partial charge in [0.05, 0.1) is 0 Å². The fraction of sp³-hybridized carbons (Fsp3) is 0.769. The van der Waals surface area contributed by atoms with Gasteiger partial charge in [0.2, 0.25) is 0 Å². The Bertz CT molecular complexity index is 581. The second-order valence-electron chi connectivity index (χ2n) is 10.00. The van der Waals surface area contributed by atoms with Gasteiger partial charge in [-0.15, -0.1) is 0 Å². The number of para-hydroxylation sites is 1. The van der Waals surface area contributed by atoms with E-state index in [1.807, 2.05) is 3.58 Å². The van der Waals surface area contributed by atoms with Gasteiger partial charge < -0.3 is 0 Å². The van der Waals surface area contributed by atoms with Crippen LogP contribution in [0.5, 0.6) is 0 Å². The summed E-state index contributed by atoms with van der Waals surface area (Å²) in [5.74, 6) is 0. The predicted octanol–water partition coefficient (Wildman–Crippen LogP) is 6.78. The van der Waals surface area contributed by atoms with Gasteiger partial charge in [0.25, 0.3) is 0 Å². The minimum absolute atomic E-state index is 0.678. The molecule has 1 aromatic carbocycles. The van der Waals surface area contributed by atoms with Crippen molar-refractivity contribution in [1.29, 1.82) is 0 Å². The normalized spacial score (nSPS) is 24.8. The van der Waals surface area contributed by atoms with Crippen LogP contribution in [-0.2, 0) is 0 Å². The van der Waals surface area contributed by atoms with Crippen molar-refractivity contribution in [3.63, 3.8) is 0 Å². The zero-order chi connectivity index (χ0) is 20.7. The van der Waals surface area contributed by atoms with Crippen molar-refractivity contribution in [3.8, 4) is 0 Å². The Labute approximate surface area is 185 Å². The molecule has 0 radical (unpaired) electrons. The van der Waals surface area contributed by atoms with E-state index in [4.69, 9.17) is 0 Å². The van der Waals surface area contributed by atoms with E-state index in [1.54, 1.807) is 19.0 Å². The van der Waals surface area contributed by atoms with Gasteiger partial charge in [-0.3, -0.25) is 0 Å². The molecule has 3 atom stereocenters. The molecule has 164 valence electrons. The topological polar surface area (TPSA) is 15.3 Å². The first-order chi connectivity index (χ1) is 14.1. The van der Waals surface area contributed by atoms with Crippen molar-refractivity contribution in [1.82, 2.24) is 4.90 Å². The molecule has 1 aromatic rings. The van der Waals surface area contributed by atoms with Crippen LogP contribution < -0.4 is 8.90 Å². The monoisotopic (exact) mass is 506 g/mol. The van der Waals surface area contributed by atoms with E-state index in [-0.39, 0.29) is 0 Å². The van der Waals surface area contributed by atoms with E-state index in [0.29, 0.717) is 6.04 Å². The van der Waals surface area contributed by atoms with Crippen LogP contribution in [0.1, 0.15) is 85.0 Å². The van der Waals surface area contributed by atoms with Gasteiger partial charge >= 0.3 is 186 Å². The van der Waals surface area contributed by atoms with Crippen LogP contribution in [0.3, 0.4) is 0 Å². The molecule has 2 bridgehead atoms. The van der Waals surface area contributed by atoms with Crippen molar-refractivity contribution in [3.05, 3.63) is 24.3 Å². The zero-order valence-corrected chi connectivity index (χ0v) is 22.5. The molecular formula is C26H46N2Sn. The molecule has 0 saturated carbocycles. The molecule has 2 fully saturated rings. The SMILES string of the molecule is CCC[CH2][Sn]([CH2]CCC)([CH2]CCC)[c]1ccccc1NC1C[C@H]2CC[C@@H](C1)N2C. The van der Waals surface area contributed by atoms with Gasteiger partial charge in [-0.1, -0.05) is 0 Å². The third-order valence-electron chi connectivity index (χ3n) is 7.98. The molecule has 1 unspecified atom stereocenters. The first kappa shape index (κ1) is 23.4. The van der Waals surface area contributed by atoms with E-state index < -0.39 is 18.4 Å². The number of nitrogens with zero attached hydrogens (tertiary/aromatic N) is 1. The number of fused-ring (bicyclic) bond motifs is 2. The molecule has 2 heterocycles. The molecular weight excluding hydrogens is 459 g/mol. The van der Waals surface area contributed by atoms with Crippen LogP contribution in [-0.4, -0.2) is 48.5 Å². The molecule has 3 heteroatoms. The van der Waals surface area contributed by atoms with Crippen molar-refractivity contribution in [2.75, 3.05) is 12.4 Å². The van der Waals surface area contributed by atoms with Crippen molar-refractivity contribution >= 4 is 27.6 Å². The van der Waals surface area contributed by atoms with Crippen molar-refractivity contribution in [2.45, 2.75) is 116 Å². The second-order valence-corrected chi connectivity index (χ2v) is 23.1. The van der Waals surface area contributed by atoms with E-state index in [0.717, 1.165) is 12.1 Å². The summed E-state index contributed by atoms with van der Waals surface area (Å²) < 4.78 is 6.51. The molecule has 0 amide bonds. The van der Waals surface area contributed by atoms with Crippen LogP contribution in [0.25, 0.3) is 0 Å². The Morgan fingerprint density at radius 3 is 1.90 bits per heavy atom. The molecule has 0 aromatic heterocycles. The Hall–Kier alpha value is -0.221. The van der Waals surface area contributed by atoms with Gasteiger partial charge in [0, 0.05) is 0 Å². The molecule has 29 heavy (non-hydrogen) atoms. The number of hydrogen-bond acceptors (Lipinski definition) is 2. The number of rotatable bonds is 12. The molecule has 0 aliphatic carbocycles. The summed E-state index contributed by atoms with van der Waals surface area (Å²) in [4.78, 5) is 2.66. The molecule has 3 rings (SSSR count). The summed E-state index contributed by atoms with van der Waals surface area (Å²) in [6, 6.07) is 11.9. The number of anilines is 1. The Morgan fingerprint density at radius 2 is 1.38 bits per heavy atom. The van der Waals surface area contributed by atoms with E-state index in [9.17, 15) is 0 Å². The van der Waals surface area contributed by atoms with Crippen LogP contribution in [0.2, 0.25) is 13.3 Å². The van der Waals surface area contributed by atoms with E-state index in [1.165, 1.54) is 64.2 Å². The van der Waals surface area contributed by atoms with E-state index in [2.05, 4.69) is 62.3 Å². The quantitative estimate of drug-likeness (QED) is 0.315. The third kappa shape index (κ3) is 5.73. The van der Waals surface area contributed by atoms with Crippen LogP contribution in [0.15, 0.2) is 24.3 Å². The molecule has 2 nitrogen and oxygen atoms in total. The Kier molecular flexibility index (Phi) is 9.23. The first-order valence-electron chi connectivity index (χ1n) is 12.7. The number of piperidine rings is 1. The van der Waals surface area contributed by atoms with Crippen LogP contribution in [0, 0.1) is 0 Å². The summed E-state index contributed by atoms with van der Waals surface area (Å²) in [7, 11) is 2.36. The molecule has 2 saturated heterocycles. The van der Waals surface area contributed by atoms with Gasteiger partial charge in [0.1, 0.15) is 0 Å². The van der Waals surface area contributed by atoms with Gasteiger partial charge in [0.15, 0.2) is 0 Å². The van der Waals surface area contributed by atoms with Crippen molar-refractivity contribution in [2.24, 2.45) is 0 Å². The third-order valence-corrected chi connectivity index (χ3v) is 23.7. The maximum atomic E-state index is 4.13. The maximum absolute atomic E-state index is 4.13. The summed E-state index contributed by atoms with van der Waals surface area (Å²) in [5, 5.41) is 4.13. The standard InChI is InChI=1S/C14H19N2.3C4H9.Sn/c1-16-13-7-8-14(16)10-12(9-13)15-11-5-3-2-4-6-11;3*1-3-4-2;/h2-5,12-15H,7-10H2,1H3;3*1,3-4H2,2H3;/t12?,13-,14+;;;;. The number of unbranched alkanes of at least 4 members (excludes halogenated alkanes) is 3. The summed E-state index contributed by atoms with van der Waals surface area (Å²) >= 11 is -2.40. The molecule has 0 spiro atoms. The average Bonchev–Trinajstić information content (AvgIpc) is 2.94. The van der Waals surface area contributed by atoms with Gasteiger partial charge in [-0.05, 0) is 0 Å². The number of hydrogen-bond donors (Lipinski definition) is 1. The molecule has 2 aliphatic heterocycles. The number of benzene rings is 1. The van der Waals surface area contributed by atoms with Crippen LogP contribution in [0.4, 0.5) is 5.69 Å². The van der Waals surface area contributed by atoms with Gasteiger partial charge in [-0.25, -0.2) is 0 Å². The van der Waals surface area contributed by atoms with Crippen LogP contribution >= 0.6 is 0 Å². The number of nitrogens with one attached hydrogen (secondary N) is 1. The predicted molar refractivity (Wildman–Crippen MR) is 132 cm³/mol.